The second-order valence-electron chi connectivity index (χ2n) is 8.25. The molecule has 7 heteroatoms. The number of anilines is 1. The Labute approximate surface area is 213 Å². The minimum Gasteiger partial charge on any atom is -0.493 e. The van der Waals surface area contributed by atoms with Gasteiger partial charge in [0.25, 0.3) is 0 Å². The van der Waals surface area contributed by atoms with Crippen molar-refractivity contribution >= 4 is 34.5 Å². The zero-order valence-electron chi connectivity index (χ0n) is 19.3. The highest BCUT2D eigenvalue weighted by Crippen LogP contribution is 2.48. The Morgan fingerprint density at radius 1 is 1.00 bits per heavy atom. The third kappa shape index (κ3) is 4.85. The topological polar surface area (TPSA) is 56.8 Å². The zero-order valence-corrected chi connectivity index (χ0v) is 20.9. The minimum absolute atomic E-state index is 0.00660. The van der Waals surface area contributed by atoms with Gasteiger partial charge in [-0.15, -0.1) is 11.3 Å². The summed E-state index contributed by atoms with van der Waals surface area (Å²) in [5.74, 6) is 2.01. The van der Waals surface area contributed by atoms with Crippen LogP contribution in [0.25, 0.3) is 11.1 Å². The number of rotatable bonds is 7. The van der Waals surface area contributed by atoms with Gasteiger partial charge in [0, 0.05) is 33.2 Å². The summed E-state index contributed by atoms with van der Waals surface area (Å²) < 4.78 is 16.9. The summed E-state index contributed by atoms with van der Waals surface area (Å²) in [4.78, 5) is 13.9. The van der Waals surface area contributed by atoms with Crippen LogP contribution in [0.4, 0.5) is 5.69 Å². The molecular weight excluding hydrogens is 482 g/mol. The number of hydrogen-bond acceptors (Lipinski definition) is 5. The third-order valence-electron chi connectivity index (χ3n) is 6.04. The first-order valence-electron chi connectivity index (χ1n) is 11.2. The molecule has 0 radical (unpaired) electrons. The maximum absolute atomic E-state index is 12.7. The molecule has 1 aliphatic rings. The van der Waals surface area contributed by atoms with Crippen molar-refractivity contribution in [2.45, 2.75) is 18.9 Å². The molecule has 0 saturated heterocycles. The number of carbonyl (C=O) groups excluding carboxylic acids is 1. The SMILES string of the molecule is COc1ccc(-c2csc3c2NC(=O)C[C@@H]3c2cccc(OCc3cccc(Cl)c3)c2)cc1OC. The van der Waals surface area contributed by atoms with Crippen LogP contribution in [-0.2, 0) is 11.4 Å². The van der Waals surface area contributed by atoms with Crippen molar-refractivity contribution in [1.82, 2.24) is 0 Å². The molecular formula is C28H24ClNO4S. The lowest BCUT2D eigenvalue weighted by Crippen LogP contribution is -2.22. The van der Waals surface area contributed by atoms with Crippen LogP contribution in [0.5, 0.6) is 17.2 Å². The Kier molecular flexibility index (Phi) is 6.66. The van der Waals surface area contributed by atoms with E-state index in [1.807, 2.05) is 60.7 Å². The van der Waals surface area contributed by atoms with Gasteiger partial charge in [0.1, 0.15) is 12.4 Å². The Bertz CT molecular complexity index is 1380. The fraction of sp³-hybridized carbons (Fsp3) is 0.179. The van der Waals surface area contributed by atoms with Crippen LogP contribution in [0.15, 0.2) is 72.1 Å². The van der Waals surface area contributed by atoms with Crippen LogP contribution in [0.1, 0.15) is 28.3 Å². The summed E-state index contributed by atoms with van der Waals surface area (Å²) in [5, 5.41) is 5.87. The summed E-state index contributed by atoms with van der Waals surface area (Å²) in [7, 11) is 3.23. The second kappa shape index (κ2) is 10.0. The van der Waals surface area contributed by atoms with Crippen molar-refractivity contribution in [3.05, 3.63) is 93.1 Å². The van der Waals surface area contributed by atoms with Crippen molar-refractivity contribution in [2.75, 3.05) is 19.5 Å². The number of amides is 1. The Balaban J connectivity index is 1.44. The number of ether oxygens (including phenoxy) is 3. The first kappa shape index (κ1) is 23.3. The maximum Gasteiger partial charge on any atom is 0.225 e. The minimum atomic E-state index is -0.0487. The number of fused-ring (bicyclic) bond motifs is 1. The maximum atomic E-state index is 12.7. The Hall–Kier alpha value is -3.48. The summed E-state index contributed by atoms with van der Waals surface area (Å²) in [6.45, 7) is 0.420. The van der Waals surface area contributed by atoms with E-state index in [2.05, 4.69) is 16.8 Å². The molecule has 0 aliphatic carbocycles. The molecule has 4 aromatic rings. The van der Waals surface area contributed by atoms with Crippen LogP contribution < -0.4 is 19.5 Å². The van der Waals surface area contributed by atoms with Gasteiger partial charge in [0.2, 0.25) is 5.91 Å². The average molecular weight is 506 g/mol. The Morgan fingerprint density at radius 2 is 1.83 bits per heavy atom. The number of thiophene rings is 1. The zero-order chi connectivity index (χ0) is 24.4. The second-order valence-corrected chi connectivity index (χ2v) is 9.60. The molecule has 1 amide bonds. The summed E-state index contributed by atoms with van der Waals surface area (Å²) >= 11 is 7.74. The van der Waals surface area contributed by atoms with E-state index in [1.165, 1.54) is 0 Å². The van der Waals surface area contributed by atoms with E-state index >= 15 is 0 Å². The predicted octanol–water partition coefficient (Wildman–Crippen LogP) is 7.14. The molecule has 1 aromatic heterocycles. The lowest BCUT2D eigenvalue weighted by atomic mass is 9.89. The largest absolute Gasteiger partial charge is 0.493 e. The molecule has 1 atom stereocenters. The van der Waals surface area contributed by atoms with Crippen LogP contribution in [0.3, 0.4) is 0 Å². The van der Waals surface area contributed by atoms with Gasteiger partial charge in [0.05, 0.1) is 19.9 Å². The van der Waals surface area contributed by atoms with Gasteiger partial charge >= 0.3 is 0 Å². The standard InChI is InChI=1S/C28H24ClNO4S/c1-32-24-10-9-19(13-25(24)33-2)23-16-35-28-22(14-26(31)30-27(23)28)18-6-4-8-21(12-18)34-15-17-5-3-7-20(29)11-17/h3-13,16,22H,14-15H2,1-2H3,(H,30,31)/t22-/m1/s1. The molecule has 0 bridgehead atoms. The van der Waals surface area contributed by atoms with Gasteiger partial charge in [-0.05, 0) is 53.1 Å². The number of carbonyl (C=O) groups is 1. The van der Waals surface area contributed by atoms with Crippen molar-refractivity contribution in [1.29, 1.82) is 0 Å². The van der Waals surface area contributed by atoms with Gasteiger partial charge < -0.3 is 19.5 Å². The Morgan fingerprint density at radius 3 is 2.63 bits per heavy atom. The number of methoxy groups -OCH3 is 2. The average Bonchev–Trinajstić information content (AvgIpc) is 3.30. The van der Waals surface area contributed by atoms with Crippen LogP contribution in [0.2, 0.25) is 5.02 Å². The molecule has 5 nitrogen and oxygen atoms in total. The molecule has 0 fully saturated rings. The van der Waals surface area contributed by atoms with Gasteiger partial charge in [-0.2, -0.15) is 0 Å². The molecule has 1 N–H and O–H groups in total. The fourth-order valence-corrected chi connectivity index (χ4v) is 5.70. The van der Waals surface area contributed by atoms with Gasteiger partial charge in [-0.1, -0.05) is 41.9 Å². The number of halogens is 1. The quantitative estimate of drug-likeness (QED) is 0.290. The number of hydrogen-bond donors (Lipinski definition) is 1. The molecule has 0 saturated carbocycles. The van der Waals surface area contributed by atoms with Crippen LogP contribution >= 0.6 is 22.9 Å². The molecule has 178 valence electrons. The van der Waals surface area contributed by atoms with E-state index in [0.29, 0.717) is 29.5 Å². The summed E-state index contributed by atoms with van der Waals surface area (Å²) in [6, 6.07) is 21.4. The number of benzene rings is 3. The van der Waals surface area contributed by atoms with E-state index in [9.17, 15) is 4.79 Å². The smallest absolute Gasteiger partial charge is 0.225 e. The molecule has 2 heterocycles. The van der Waals surface area contributed by atoms with Gasteiger partial charge in [0.15, 0.2) is 11.5 Å². The molecule has 0 unspecified atom stereocenters. The molecule has 3 aromatic carbocycles. The van der Waals surface area contributed by atoms with E-state index < -0.39 is 0 Å². The van der Waals surface area contributed by atoms with E-state index in [4.69, 9.17) is 25.8 Å². The van der Waals surface area contributed by atoms with Gasteiger partial charge in [-0.25, -0.2) is 0 Å². The fourth-order valence-electron chi connectivity index (χ4n) is 4.33. The first-order chi connectivity index (χ1) is 17.1. The molecule has 0 spiro atoms. The van der Waals surface area contributed by atoms with Crippen LogP contribution in [0, 0.1) is 0 Å². The van der Waals surface area contributed by atoms with Crippen molar-refractivity contribution < 1.29 is 19.0 Å². The predicted molar refractivity (Wildman–Crippen MR) is 140 cm³/mol. The van der Waals surface area contributed by atoms with E-state index in [1.54, 1.807) is 25.6 Å². The normalized spacial score (nSPS) is 14.7. The van der Waals surface area contributed by atoms with E-state index in [-0.39, 0.29) is 11.8 Å². The highest BCUT2D eigenvalue weighted by Gasteiger charge is 2.31. The lowest BCUT2D eigenvalue weighted by Gasteiger charge is -2.24. The van der Waals surface area contributed by atoms with Crippen molar-refractivity contribution in [3.63, 3.8) is 0 Å². The lowest BCUT2D eigenvalue weighted by molar-refractivity contribution is -0.116. The summed E-state index contributed by atoms with van der Waals surface area (Å²) in [6.07, 6.45) is 0.386. The third-order valence-corrected chi connectivity index (χ3v) is 7.37. The van der Waals surface area contributed by atoms with Crippen molar-refractivity contribution in [3.8, 4) is 28.4 Å². The van der Waals surface area contributed by atoms with Gasteiger partial charge in [-0.3, -0.25) is 4.79 Å². The molecule has 1 aliphatic heterocycles. The molecule has 35 heavy (non-hydrogen) atoms. The van der Waals surface area contributed by atoms with Crippen LogP contribution in [-0.4, -0.2) is 20.1 Å². The summed E-state index contributed by atoms with van der Waals surface area (Å²) in [5.41, 5.74) is 4.83. The van der Waals surface area contributed by atoms with Crippen molar-refractivity contribution in [2.24, 2.45) is 0 Å². The highest BCUT2D eigenvalue weighted by molar-refractivity contribution is 7.11. The first-order valence-corrected chi connectivity index (χ1v) is 12.4. The monoisotopic (exact) mass is 505 g/mol. The van der Waals surface area contributed by atoms with E-state index in [0.717, 1.165) is 38.6 Å². The molecule has 5 rings (SSSR count). The number of nitrogens with one attached hydrogen (secondary N) is 1. The highest BCUT2D eigenvalue weighted by atomic mass is 35.5.